The maximum atomic E-state index is 14.0. The molecule has 0 fully saturated rings. The van der Waals surface area contributed by atoms with E-state index >= 15 is 0 Å². The molecule has 3 rings (SSSR count). The van der Waals surface area contributed by atoms with E-state index in [1.54, 1.807) is 6.92 Å². The first-order valence-corrected chi connectivity index (χ1v) is 8.97. The third kappa shape index (κ3) is 4.70. The van der Waals surface area contributed by atoms with E-state index in [9.17, 15) is 13.6 Å². The normalized spacial score (nSPS) is 16.0. The molecule has 2 aromatic carbocycles. The number of carbonyl (C=O) groups excluding carboxylic acids is 1. The van der Waals surface area contributed by atoms with Crippen molar-refractivity contribution in [1.82, 2.24) is 4.90 Å². The Hall–Kier alpha value is -2.76. The zero-order chi connectivity index (χ0) is 19.4. The second kappa shape index (κ2) is 8.29. The smallest absolute Gasteiger partial charge is 0.222 e. The van der Waals surface area contributed by atoms with Crippen LogP contribution in [0.1, 0.15) is 36.5 Å². The first-order valence-electron chi connectivity index (χ1n) is 8.97. The Balaban J connectivity index is 1.67. The van der Waals surface area contributed by atoms with E-state index in [1.807, 2.05) is 31.2 Å². The number of carbonyl (C=O) groups is 1. The zero-order valence-corrected chi connectivity index (χ0v) is 15.4. The van der Waals surface area contributed by atoms with Crippen LogP contribution in [0.25, 0.3) is 0 Å². The summed E-state index contributed by atoms with van der Waals surface area (Å²) in [7, 11) is 0. The number of oxime groups is 1. The minimum absolute atomic E-state index is 0.0680. The van der Waals surface area contributed by atoms with Gasteiger partial charge in [0, 0.05) is 31.0 Å². The molecule has 0 aromatic heterocycles. The van der Waals surface area contributed by atoms with Crippen molar-refractivity contribution in [3.63, 3.8) is 0 Å². The van der Waals surface area contributed by atoms with Crippen LogP contribution in [0.3, 0.4) is 0 Å². The summed E-state index contributed by atoms with van der Waals surface area (Å²) >= 11 is 0. The highest BCUT2D eigenvalue weighted by atomic mass is 19.1. The van der Waals surface area contributed by atoms with Gasteiger partial charge in [-0.3, -0.25) is 4.79 Å². The van der Waals surface area contributed by atoms with Crippen molar-refractivity contribution in [2.75, 3.05) is 6.54 Å². The maximum Gasteiger partial charge on any atom is 0.222 e. The lowest BCUT2D eigenvalue weighted by atomic mass is 10.0. The maximum absolute atomic E-state index is 14.0. The lowest BCUT2D eigenvalue weighted by Gasteiger charge is -2.24. The van der Waals surface area contributed by atoms with Crippen molar-refractivity contribution < 1.29 is 18.4 Å². The molecule has 0 N–H and O–H groups in total. The third-order valence-electron chi connectivity index (χ3n) is 4.57. The summed E-state index contributed by atoms with van der Waals surface area (Å²) in [4.78, 5) is 19.3. The molecule has 0 unspecified atom stereocenters. The minimum Gasteiger partial charge on any atom is -0.390 e. The van der Waals surface area contributed by atoms with Crippen molar-refractivity contribution in [2.45, 2.75) is 39.3 Å². The fourth-order valence-corrected chi connectivity index (χ4v) is 3.02. The van der Waals surface area contributed by atoms with E-state index in [0.29, 0.717) is 19.4 Å². The number of halogens is 2. The van der Waals surface area contributed by atoms with E-state index < -0.39 is 11.6 Å². The number of hydrogen-bond donors (Lipinski definition) is 0. The Bertz CT molecular complexity index is 850. The standard InChI is InChI=1S/C21H22F2N2O2/c1-3-21(26)25(12-16-8-9-17(22)10-19(16)23)13-18-11-20(24-27-18)15-6-4-14(2)5-7-15/h4-10,18H,3,11-13H2,1-2H3/t18-/m0/s1. The van der Waals surface area contributed by atoms with E-state index in [0.717, 1.165) is 22.9 Å². The molecule has 1 aliphatic heterocycles. The molecular formula is C21H22F2N2O2. The van der Waals surface area contributed by atoms with Gasteiger partial charge in [0.05, 0.1) is 12.3 Å². The highest BCUT2D eigenvalue weighted by Gasteiger charge is 2.26. The molecule has 0 saturated carbocycles. The summed E-state index contributed by atoms with van der Waals surface area (Å²) in [6.45, 7) is 4.13. The third-order valence-corrected chi connectivity index (χ3v) is 4.57. The van der Waals surface area contributed by atoms with E-state index in [1.165, 1.54) is 17.0 Å². The summed E-state index contributed by atoms with van der Waals surface area (Å²) in [5.74, 6) is -1.42. The molecule has 0 saturated heterocycles. The molecule has 1 heterocycles. The van der Waals surface area contributed by atoms with Gasteiger partial charge in [0.2, 0.25) is 5.91 Å². The van der Waals surface area contributed by atoms with Crippen LogP contribution in [0.15, 0.2) is 47.6 Å². The van der Waals surface area contributed by atoms with Crippen molar-refractivity contribution in [3.05, 3.63) is 70.8 Å². The molecular weight excluding hydrogens is 350 g/mol. The highest BCUT2D eigenvalue weighted by Crippen LogP contribution is 2.20. The SMILES string of the molecule is CCC(=O)N(Cc1ccc(F)cc1F)C[C@@H]1CC(c2ccc(C)cc2)=NO1. The fourth-order valence-electron chi connectivity index (χ4n) is 3.02. The predicted molar refractivity (Wildman–Crippen MR) is 99.3 cm³/mol. The van der Waals surface area contributed by atoms with Gasteiger partial charge in [0.15, 0.2) is 6.10 Å². The average molecular weight is 372 g/mol. The van der Waals surface area contributed by atoms with Gasteiger partial charge in [-0.25, -0.2) is 8.78 Å². The summed E-state index contributed by atoms with van der Waals surface area (Å²) < 4.78 is 27.1. The largest absolute Gasteiger partial charge is 0.390 e. The van der Waals surface area contributed by atoms with Crippen LogP contribution in [0, 0.1) is 18.6 Å². The van der Waals surface area contributed by atoms with Crippen LogP contribution < -0.4 is 0 Å². The molecule has 0 spiro atoms. The Morgan fingerprint density at radius 2 is 1.96 bits per heavy atom. The lowest BCUT2D eigenvalue weighted by Crippen LogP contribution is -2.37. The second-order valence-electron chi connectivity index (χ2n) is 6.70. The van der Waals surface area contributed by atoms with Crippen LogP contribution in [0.4, 0.5) is 8.78 Å². The van der Waals surface area contributed by atoms with Gasteiger partial charge in [0.25, 0.3) is 0 Å². The van der Waals surface area contributed by atoms with Crippen molar-refractivity contribution >= 4 is 11.6 Å². The molecule has 0 radical (unpaired) electrons. The Morgan fingerprint density at radius 1 is 1.22 bits per heavy atom. The van der Waals surface area contributed by atoms with Gasteiger partial charge < -0.3 is 9.74 Å². The topological polar surface area (TPSA) is 41.9 Å². The molecule has 1 aliphatic rings. The average Bonchev–Trinajstić information content (AvgIpc) is 3.11. The number of amides is 1. The van der Waals surface area contributed by atoms with Crippen LogP contribution in [-0.4, -0.2) is 29.2 Å². The monoisotopic (exact) mass is 372 g/mol. The number of aryl methyl sites for hydroxylation is 1. The Labute approximate surface area is 157 Å². The van der Waals surface area contributed by atoms with Gasteiger partial charge in [-0.2, -0.15) is 0 Å². The lowest BCUT2D eigenvalue weighted by molar-refractivity contribution is -0.133. The number of benzene rings is 2. The van der Waals surface area contributed by atoms with E-state index in [4.69, 9.17) is 4.84 Å². The highest BCUT2D eigenvalue weighted by molar-refractivity contribution is 6.01. The van der Waals surface area contributed by atoms with Crippen molar-refractivity contribution in [2.24, 2.45) is 5.16 Å². The molecule has 0 aliphatic carbocycles. The Kier molecular flexibility index (Phi) is 5.84. The number of nitrogens with zero attached hydrogens (tertiary/aromatic N) is 2. The van der Waals surface area contributed by atoms with Gasteiger partial charge >= 0.3 is 0 Å². The molecule has 1 amide bonds. The molecule has 0 bridgehead atoms. The van der Waals surface area contributed by atoms with Crippen LogP contribution in [-0.2, 0) is 16.2 Å². The van der Waals surface area contributed by atoms with Gasteiger partial charge in [-0.05, 0) is 18.6 Å². The molecule has 2 aromatic rings. The Morgan fingerprint density at radius 3 is 2.63 bits per heavy atom. The van der Waals surface area contributed by atoms with Crippen LogP contribution >= 0.6 is 0 Å². The summed E-state index contributed by atoms with van der Waals surface area (Å²) in [5.41, 5.74) is 3.25. The summed E-state index contributed by atoms with van der Waals surface area (Å²) in [6.07, 6.45) is 0.573. The van der Waals surface area contributed by atoms with Crippen LogP contribution in [0.2, 0.25) is 0 Å². The molecule has 27 heavy (non-hydrogen) atoms. The molecule has 142 valence electrons. The molecule has 4 nitrogen and oxygen atoms in total. The summed E-state index contributed by atoms with van der Waals surface area (Å²) in [5, 5.41) is 4.15. The van der Waals surface area contributed by atoms with E-state index in [-0.39, 0.29) is 24.1 Å². The van der Waals surface area contributed by atoms with Crippen molar-refractivity contribution in [3.8, 4) is 0 Å². The number of hydrogen-bond acceptors (Lipinski definition) is 3. The van der Waals surface area contributed by atoms with Crippen molar-refractivity contribution in [1.29, 1.82) is 0 Å². The molecule has 1 atom stereocenters. The molecule has 6 heteroatoms. The fraction of sp³-hybridized carbons (Fsp3) is 0.333. The number of rotatable bonds is 6. The zero-order valence-electron chi connectivity index (χ0n) is 15.4. The predicted octanol–water partition coefficient (Wildman–Crippen LogP) is 4.21. The van der Waals surface area contributed by atoms with Gasteiger partial charge in [-0.15, -0.1) is 0 Å². The first kappa shape index (κ1) is 19.0. The van der Waals surface area contributed by atoms with Gasteiger partial charge in [0.1, 0.15) is 11.6 Å². The quantitative estimate of drug-likeness (QED) is 0.762. The van der Waals surface area contributed by atoms with E-state index in [2.05, 4.69) is 5.16 Å². The van der Waals surface area contributed by atoms with Gasteiger partial charge in [-0.1, -0.05) is 48.0 Å². The second-order valence-corrected chi connectivity index (χ2v) is 6.70. The van der Waals surface area contributed by atoms with Crippen LogP contribution in [0.5, 0.6) is 0 Å². The summed E-state index contributed by atoms with van der Waals surface area (Å²) in [6, 6.07) is 11.4. The minimum atomic E-state index is -0.659. The first-order chi connectivity index (χ1) is 13.0.